The number of anilines is 1. The molecule has 13 heteroatoms. The van der Waals surface area contributed by atoms with Crippen molar-refractivity contribution in [2.45, 2.75) is 32.5 Å². The number of nitrogens with zero attached hydrogens (tertiary/aromatic N) is 5. The fourth-order valence-electron chi connectivity index (χ4n) is 3.65. The van der Waals surface area contributed by atoms with Crippen LogP contribution in [0.1, 0.15) is 34.8 Å². The molecule has 1 amide bonds. The van der Waals surface area contributed by atoms with Gasteiger partial charge in [-0.3, -0.25) is 4.79 Å². The third-order valence-electron chi connectivity index (χ3n) is 5.56. The Balaban J connectivity index is 1.38. The van der Waals surface area contributed by atoms with Gasteiger partial charge in [-0.15, -0.1) is 0 Å². The number of benzene rings is 1. The summed E-state index contributed by atoms with van der Waals surface area (Å²) < 4.78 is 70.4. The van der Waals surface area contributed by atoms with Crippen molar-refractivity contribution in [3.05, 3.63) is 83.3 Å². The number of aromatic nitrogens is 5. The summed E-state index contributed by atoms with van der Waals surface area (Å²) >= 11 is 0. The molecule has 0 aliphatic rings. The van der Waals surface area contributed by atoms with E-state index in [1.165, 1.54) is 6.20 Å². The van der Waals surface area contributed by atoms with Crippen molar-refractivity contribution in [1.29, 1.82) is 0 Å². The Labute approximate surface area is 213 Å². The van der Waals surface area contributed by atoms with Crippen LogP contribution in [0.25, 0.3) is 11.1 Å². The molecule has 0 saturated heterocycles. The lowest BCUT2D eigenvalue weighted by Crippen LogP contribution is -2.16. The van der Waals surface area contributed by atoms with Crippen LogP contribution in [0, 0.1) is 6.92 Å². The molecule has 38 heavy (non-hydrogen) atoms. The molecule has 3 aromatic heterocycles. The maximum absolute atomic E-state index is 13.2. The minimum Gasteiger partial charge on any atom is -0.481 e. The molecule has 0 unspecified atom stereocenters. The summed E-state index contributed by atoms with van der Waals surface area (Å²) in [5.74, 6) is -0.655. The maximum Gasteiger partial charge on any atom is 0.421 e. The number of halogens is 5. The fourth-order valence-corrected chi connectivity index (χ4v) is 3.65. The van der Waals surface area contributed by atoms with Crippen LogP contribution in [-0.4, -0.2) is 37.7 Å². The molecule has 1 aromatic carbocycles. The number of carbonyl (C=O) groups excluding carboxylic acids is 1. The number of hydrogen-bond donors (Lipinski definition) is 1. The summed E-state index contributed by atoms with van der Waals surface area (Å²) in [4.78, 5) is 24.6. The molecule has 4 aromatic rings. The summed E-state index contributed by atoms with van der Waals surface area (Å²) in [6, 6.07) is 7.70. The van der Waals surface area contributed by atoms with E-state index in [4.69, 9.17) is 0 Å². The Hall–Kier alpha value is -4.42. The molecular weight excluding hydrogens is 511 g/mol. The van der Waals surface area contributed by atoms with Crippen molar-refractivity contribution in [2.75, 3.05) is 12.4 Å². The van der Waals surface area contributed by atoms with Gasteiger partial charge in [-0.05, 0) is 24.1 Å². The zero-order valence-corrected chi connectivity index (χ0v) is 20.1. The minimum atomic E-state index is -4.69. The van der Waals surface area contributed by atoms with Gasteiger partial charge in [0.2, 0.25) is 11.8 Å². The van der Waals surface area contributed by atoms with Crippen LogP contribution in [0.2, 0.25) is 0 Å². The van der Waals surface area contributed by atoms with Crippen LogP contribution in [0.15, 0.2) is 55.1 Å². The van der Waals surface area contributed by atoms with Crippen LogP contribution in [0.5, 0.6) is 5.88 Å². The molecule has 0 radical (unpaired) electrons. The number of alkyl halides is 5. The number of amides is 1. The number of aryl methyl sites for hydroxylation is 1. The van der Waals surface area contributed by atoms with Gasteiger partial charge in [-0.2, -0.15) is 27.1 Å². The molecule has 3 heterocycles. The first-order valence-corrected chi connectivity index (χ1v) is 11.2. The van der Waals surface area contributed by atoms with E-state index in [2.05, 4.69) is 30.1 Å². The predicted octanol–water partition coefficient (Wildman–Crippen LogP) is 5.24. The number of pyridine rings is 1. The van der Waals surface area contributed by atoms with E-state index in [1.54, 1.807) is 43.6 Å². The molecule has 0 spiro atoms. The largest absolute Gasteiger partial charge is 0.481 e. The van der Waals surface area contributed by atoms with Gasteiger partial charge in [-0.25, -0.2) is 19.6 Å². The van der Waals surface area contributed by atoms with E-state index < -0.39 is 30.1 Å². The van der Waals surface area contributed by atoms with Crippen molar-refractivity contribution >= 4 is 11.6 Å². The van der Waals surface area contributed by atoms with Crippen molar-refractivity contribution in [3.63, 3.8) is 0 Å². The van der Waals surface area contributed by atoms with Crippen LogP contribution < -0.4 is 10.1 Å². The van der Waals surface area contributed by atoms with Gasteiger partial charge in [0.25, 0.3) is 0 Å². The Morgan fingerprint density at radius 3 is 2.32 bits per heavy atom. The molecule has 8 nitrogen and oxygen atoms in total. The highest BCUT2D eigenvalue weighted by Gasteiger charge is 2.35. The Morgan fingerprint density at radius 2 is 1.74 bits per heavy atom. The Morgan fingerprint density at radius 1 is 1.05 bits per heavy atom. The summed E-state index contributed by atoms with van der Waals surface area (Å²) in [6.07, 6.45) is 1.05. The molecule has 4 rings (SSSR count). The number of methoxy groups -OCH3 is 1. The van der Waals surface area contributed by atoms with Crippen LogP contribution in [-0.2, 0) is 23.8 Å². The summed E-state index contributed by atoms with van der Waals surface area (Å²) in [7, 11) is 1.08. The van der Waals surface area contributed by atoms with Crippen molar-refractivity contribution in [3.8, 4) is 17.0 Å². The fraction of sp³-hybridized carbons (Fsp3) is 0.240. The van der Waals surface area contributed by atoms with Crippen molar-refractivity contribution in [1.82, 2.24) is 24.7 Å². The average molecular weight is 532 g/mol. The molecule has 0 aliphatic carbocycles. The highest BCUT2D eigenvalue weighted by Crippen LogP contribution is 2.36. The Bertz CT molecular complexity index is 1420. The molecular formula is C25H21F5N6O2. The van der Waals surface area contributed by atoms with E-state index in [1.807, 2.05) is 0 Å². The van der Waals surface area contributed by atoms with E-state index in [0.29, 0.717) is 32.9 Å². The first kappa shape index (κ1) is 26.6. The van der Waals surface area contributed by atoms with Crippen LogP contribution in [0.4, 0.5) is 27.6 Å². The normalized spacial score (nSPS) is 11.6. The molecule has 0 bridgehead atoms. The molecule has 1 N–H and O–H groups in total. The zero-order chi connectivity index (χ0) is 27.4. The van der Waals surface area contributed by atoms with Gasteiger partial charge < -0.3 is 10.1 Å². The number of hydrogen-bond acceptors (Lipinski definition) is 6. The molecule has 198 valence electrons. The van der Waals surface area contributed by atoms with E-state index in [0.717, 1.165) is 24.9 Å². The second kappa shape index (κ2) is 10.9. The molecule has 0 fully saturated rings. The molecule has 0 saturated carbocycles. The standard InChI is InChI=1S/C25H21F5N6O2/c1-14-17(13-36(35-14)24(26)27)8-21-31-10-18(11-32-21)16-5-3-15(4-6-16)7-22(37)34-19-9-20(25(28,29)30)23(38-2)33-12-19/h3-6,9-13,24H,7-8H2,1-2H3,(H,34,37). The predicted molar refractivity (Wildman–Crippen MR) is 127 cm³/mol. The lowest BCUT2D eigenvalue weighted by atomic mass is 10.0. The van der Waals surface area contributed by atoms with Gasteiger partial charge in [-0.1, -0.05) is 24.3 Å². The van der Waals surface area contributed by atoms with E-state index in [-0.39, 0.29) is 18.5 Å². The summed E-state index contributed by atoms with van der Waals surface area (Å²) in [5, 5.41) is 6.19. The van der Waals surface area contributed by atoms with Gasteiger partial charge in [0.15, 0.2) is 0 Å². The quantitative estimate of drug-likeness (QED) is 0.312. The average Bonchev–Trinajstić information content (AvgIpc) is 3.25. The lowest BCUT2D eigenvalue weighted by Gasteiger charge is -2.13. The van der Waals surface area contributed by atoms with Gasteiger partial charge in [0.1, 0.15) is 11.4 Å². The summed E-state index contributed by atoms with van der Waals surface area (Å²) in [6.45, 7) is -1.08. The number of nitrogens with one attached hydrogen (secondary N) is 1. The second-order valence-electron chi connectivity index (χ2n) is 8.26. The first-order chi connectivity index (χ1) is 18.0. The highest BCUT2D eigenvalue weighted by molar-refractivity contribution is 5.92. The van der Waals surface area contributed by atoms with Crippen molar-refractivity contribution in [2.24, 2.45) is 0 Å². The minimum absolute atomic E-state index is 0.0747. The van der Waals surface area contributed by atoms with Gasteiger partial charge in [0.05, 0.1) is 31.1 Å². The smallest absolute Gasteiger partial charge is 0.421 e. The maximum atomic E-state index is 13.2. The molecule has 0 atom stereocenters. The SMILES string of the molecule is COc1ncc(NC(=O)Cc2ccc(-c3cnc(Cc4cn(C(F)F)nc4C)nc3)cc2)cc1C(F)(F)F. The van der Waals surface area contributed by atoms with Gasteiger partial charge in [0, 0.05) is 36.1 Å². The zero-order valence-electron chi connectivity index (χ0n) is 20.1. The Kier molecular flexibility index (Phi) is 7.65. The summed E-state index contributed by atoms with van der Waals surface area (Å²) in [5.41, 5.74) is 1.99. The topological polar surface area (TPSA) is 94.8 Å². The van der Waals surface area contributed by atoms with Crippen LogP contribution in [0.3, 0.4) is 0 Å². The first-order valence-electron chi connectivity index (χ1n) is 11.2. The third kappa shape index (κ3) is 6.28. The number of carbonyl (C=O) groups is 1. The number of rotatable bonds is 8. The van der Waals surface area contributed by atoms with Gasteiger partial charge >= 0.3 is 12.7 Å². The lowest BCUT2D eigenvalue weighted by molar-refractivity contribution is -0.139. The van der Waals surface area contributed by atoms with E-state index >= 15 is 0 Å². The number of ether oxygens (including phenoxy) is 1. The third-order valence-corrected chi connectivity index (χ3v) is 5.56. The molecule has 0 aliphatic heterocycles. The van der Waals surface area contributed by atoms with E-state index in [9.17, 15) is 26.7 Å². The highest BCUT2D eigenvalue weighted by atomic mass is 19.4. The monoisotopic (exact) mass is 532 g/mol. The van der Waals surface area contributed by atoms with Crippen LogP contribution >= 0.6 is 0 Å². The second-order valence-corrected chi connectivity index (χ2v) is 8.26. The van der Waals surface area contributed by atoms with Crippen molar-refractivity contribution < 1.29 is 31.5 Å².